The zero-order valence-electron chi connectivity index (χ0n) is 14.2. The molecule has 1 aromatic rings. The third-order valence-corrected chi connectivity index (χ3v) is 4.11. The molecule has 1 atom stereocenters. The van der Waals surface area contributed by atoms with Crippen LogP contribution in [0.5, 0.6) is 5.75 Å². The zero-order chi connectivity index (χ0) is 18.0. The molecular weight excluding hydrogens is 332 g/mol. The van der Waals surface area contributed by atoms with Crippen LogP contribution in [-0.2, 0) is 14.3 Å². The number of rotatable bonds is 12. The maximum atomic E-state index is 11.3. The summed E-state index contributed by atoms with van der Waals surface area (Å²) in [6.45, 7) is 2.39. The number of hydrogen-bond acceptors (Lipinski definition) is 5. The topological polar surface area (TPSA) is 89.9 Å². The van der Waals surface area contributed by atoms with Crippen LogP contribution in [0.25, 0.3) is 0 Å². The first-order valence-electron chi connectivity index (χ1n) is 8.17. The Morgan fingerprint density at radius 1 is 1.17 bits per heavy atom. The average Bonchev–Trinajstić information content (AvgIpc) is 2.50. The number of para-hydroxylation sites is 1. The van der Waals surface area contributed by atoms with Crippen LogP contribution in [0.1, 0.15) is 55.8 Å². The van der Waals surface area contributed by atoms with Crippen molar-refractivity contribution in [1.82, 2.24) is 0 Å². The van der Waals surface area contributed by atoms with Crippen molar-refractivity contribution in [3.8, 4) is 5.75 Å². The Morgan fingerprint density at radius 3 is 2.46 bits per heavy atom. The Bertz CT molecular complexity index is 611. The van der Waals surface area contributed by atoms with E-state index in [0.717, 1.165) is 25.5 Å². The number of ether oxygens (including phenoxy) is 1. The summed E-state index contributed by atoms with van der Waals surface area (Å²) < 4.78 is 33.3. The quantitative estimate of drug-likeness (QED) is 0.454. The Balaban J connectivity index is 2.48. The largest absolute Gasteiger partial charge is 0.493 e. The third kappa shape index (κ3) is 8.31. The van der Waals surface area contributed by atoms with Crippen molar-refractivity contribution in [3.63, 3.8) is 0 Å². The molecule has 0 saturated heterocycles. The van der Waals surface area contributed by atoms with Gasteiger partial charge in [0, 0.05) is 0 Å². The number of carboxylic acids is 1. The molecule has 0 aromatic heterocycles. The standard InChI is InChI=1S/C17H26O6S/c1-3-4-5-9-14(23-24(2,20)21)10-8-13-22-16-12-7-6-11-15(16)17(18)19/h6-7,11-12,14H,3-5,8-10,13H2,1-2H3,(H,18,19). The van der Waals surface area contributed by atoms with Gasteiger partial charge in [0.25, 0.3) is 10.1 Å². The number of aromatic carboxylic acids is 1. The van der Waals surface area contributed by atoms with Crippen molar-refractivity contribution in [2.24, 2.45) is 0 Å². The van der Waals surface area contributed by atoms with Crippen molar-refractivity contribution >= 4 is 16.1 Å². The van der Waals surface area contributed by atoms with Gasteiger partial charge < -0.3 is 9.84 Å². The fourth-order valence-corrected chi connectivity index (χ4v) is 3.06. The van der Waals surface area contributed by atoms with Crippen LogP contribution in [0.2, 0.25) is 0 Å². The van der Waals surface area contributed by atoms with Gasteiger partial charge in [-0.05, 0) is 31.4 Å². The van der Waals surface area contributed by atoms with Gasteiger partial charge in [-0.1, -0.05) is 38.3 Å². The predicted octanol–water partition coefficient (Wildman–Crippen LogP) is 3.47. The molecule has 1 N–H and O–H groups in total. The lowest BCUT2D eigenvalue weighted by molar-refractivity contribution is 0.0691. The Labute approximate surface area is 143 Å². The highest BCUT2D eigenvalue weighted by atomic mass is 32.2. The fraction of sp³-hybridized carbons (Fsp3) is 0.588. The second-order valence-electron chi connectivity index (χ2n) is 5.71. The van der Waals surface area contributed by atoms with Gasteiger partial charge in [-0.2, -0.15) is 8.42 Å². The molecule has 6 nitrogen and oxygen atoms in total. The summed E-state index contributed by atoms with van der Waals surface area (Å²) in [7, 11) is -3.49. The molecule has 0 saturated carbocycles. The highest BCUT2D eigenvalue weighted by Gasteiger charge is 2.16. The molecular formula is C17H26O6S. The Morgan fingerprint density at radius 2 is 1.83 bits per heavy atom. The minimum Gasteiger partial charge on any atom is -0.493 e. The van der Waals surface area contributed by atoms with Gasteiger partial charge in [0.1, 0.15) is 11.3 Å². The summed E-state index contributed by atoms with van der Waals surface area (Å²) in [5, 5.41) is 9.09. The third-order valence-electron chi connectivity index (χ3n) is 3.49. The summed E-state index contributed by atoms with van der Waals surface area (Å²) in [5.74, 6) is -0.722. The molecule has 1 rings (SSSR count). The molecule has 0 fully saturated rings. The number of carbonyl (C=O) groups is 1. The summed E-state index contributed by atoms with van der Waals surface area (Å²) in [6.07, 6.45) is 5.52. The van der Waals surface area contributed by atoms with Crippen molar-refractivity contribution in [2.45, 2.75) is 51.6 Å². The van der Waals surface area contributed by atoms with Gasteiger partial charge in [-0.15, -0.1) is 0 Å². The van der Waals surface area contributed by atoms with E-state index in [1.54, 1.807) is 18.2 Å². The number of unbranched alkanes of at least 4 members (excludes halogenated alkanes) is 2. The first-order chi connectivity index (χ1) is 11.3. The molecule has 1 aromatic carbocycles. The molecule has 0 spiro atoms. The fourth-order valence-electron chi connectivity index (χ4n) is 2.37. The van der Waals surface area contributed by atoms with E-state index in [0.29, 0.717) is 31.6 Å². The molecule has 0 amide bonds. The van der Waals surface area contributed by atoms with E-state index in [9.17, 15) is 13.2 Å². The van der Waals surface area contributed by atoms with Gasteiger partial charge in [0.15, 0.2) is 0 Å². The zero-order valence-corrected chi connectivity index (χ0v) is 15.0. The molecule has 0 radical (unpaired) electrons. The van der Waals surface area contributed by atoms with E-state index in [2.05, 4.69) is 6.92 Å². The predicted molar refractivity (Wildman–Crippen MR) is 92.0 cm³/mol. The first kappa shape index (κ1) is 20.4. The second-order valence-corrected chi connectivity index (χ2v) is 7.31. The molecule has 136 valence electrons. The number of hydrogen-bond donors (Lipinski definition) is 1. The minimum absolute atomic E-state index is 0.115. The van der Waals surface area contributed by atoms with Crippen molar-refractivity contribution in [1.29, 1.82) is 0 Å². The monoisotopic (exact) mass is 358 g/mol. The van der Waals surface area contributed by atoms with Crippen LogP contribution in [0.3, 0.4) is 0 Å². The van der Waals surface area contributed by atoms with Crippen LogP contribution in [-0.4, -0.2) is 38.5 Å². The molecule has 24 heavy (non-hydrogen) atoms. The lowest BCUT2D eigenvalue weighted by Crippen LogP contribution is -2.18. The maximum absolute atomic E-state index is 11.3. The Kier molecular flexibility index (Phi) is 8.78. The van der Waals surface area contributed by atoms with Crippen molar-refractivity contribution in [2.75, 3.05) is 12.9 Å². The summed E-state index contributed by atoms with van der Waals surface area (Å²) in [6, 6.07) is 6.44. The van der Waals surface area contributed by atoms with E-state index in [1.807, 2.05) is 0 Å². The van der Waals surface area contributed by atoms with E-state index < -0.39 is 16.1 Å². The molecule has 7 heteroatoms. The van der Waals surface area contributed by atoms with Crippen LogP contribution < -0.4 is 4.74 Å². The number of benzene rings is 1. The SMILES string of the molecule is CCCCCC(CCCOc1ccccc1C(=O)O)OS(C)(=O)=O. The second kappa shape index (κ2) is 10.3. The summed E-state index contributed by atoms with van der Waals surface area (Å²) in [5.41, 5.74) is 0.115. The van der Waals surface area contributed by atoms with E-state index in [1.165, 1.54) is 6.07 Å². The molecule has 0 heterocycles. The first-order valence-corrected chi connectivity index (χ1v) is 9.98. The van der Waals surface area contributed by atoms with Crippen LogP contribution in [0.4, 0.5) is 0 Å². The molecule has 1 unspecified atom stereocenters. The normalized spacial score (nSPS) is 12.8. The minimum atomic E-state index is -3.49. The molecule has 0 aliphatic carbocycles. The lowest BCUT2D eigenvalue weighted by atomic mass is 10.1. The van der Waals surface area contributed by atoms with Gasteiger partial charge in [-0.3, -0.25) is 4.18 Å². The van der Waals surface area contributed by atoms with E-state index >= 15 is 0 Å². The summed E-state index contributed by atoms with van der Waals surface area (Å²) >= 11 is 0. The summed E-state index contributed by atoms with van der Waals surface area (Å²) in [4.78, 5) is 11.1. The van der Waals surface area contributed by atoms with Crippen LogP contribution in [0.15, 0.2) is 24.3 Å². The maximum Gasteiger partial charge on any atom is 0.339 e. The van der Waals surface area contributed by atoms with Gasteiger partial charge in [-0.25, -0.2) is 4.79 Å². The van der Waals surface area contributed by atoms with E-state index in [4.69, 9.17) is 14.0 Å². The molecule has 0 bridgehead atoms. The lowest BCUT2D eigenvalue weighted by Gasteiger charge is -2.16. The van der Waals surface area contributed by atoms with Crippen molar-refractivity contribution < 1.29 is 27.2 Å². The highest BCUT2D eigenvalue weighted by Crippen LogP contribution is 2.19. The molecule has 0 aliphatic heterocycles. The average molecular weight is 358 g/mol. The van der Waals surface area contributed by atoms with Gasteiger partial charge in [0.2, 0.25) is 0 Å². The van der Waals surface area contributed by atoms with Gasteiger partial charge in [0.05, 0.1) is 19.0 Å². The smallest absolute Gasteiger partial charge is 0.339 e. The highest BCUT2D eigenvalue weighted by molar-refractivity contribution is 7.86. The molecule has 0 aliphatic rings. The number of carboxylic acid groups (broad SMARTS) is 1. The van der Waals surface area contributed by atoms with Crippen molar-refractivity contribution in [3.05, 3.63) is 29.8 Å². The van der Waals surface area contributed by atoms with Crippen LogP contribution in [0, 0.1) is 0 Å². The van der Waals surface area contributed by atoms with Gasteiger partial charge >= 0.3 is 5.97 Å². The van der Waals surface area contributed by atoms with E-state index in [-0.39, 0.29) is 11.7 Å². The Hall–Kier alpha value is -1.60. The van der Waals surface area contributed by atoms with Crippen LogP contribution >= 0.6 is 0 Å².